The molecule has 1 aromatic carbocycles. The fourth-order valence-corrected chi connectivity index (χ4v) is 2.98. The molecule has 2 N–H and O–H groups in total. The van der Waals surface area contributed by atoms with Gasteiger partial charge in [0, 0.05) is 3.57 Å². The highest BCUT2D eigenvalue weighted by molar-refractivity contribution is 14.1. The van der Waals surface area contributed by atoms with Gasteiger partial charge in [-0.15, -0.1) is 0 Å². The maximum absolute atomic E-state index is 12.6. The van der Waals surface area contributed by atoms with Crippen LogP contribution in [-0.4, -0.2) is 8.42 Å². The molecule has 19 heavy (non-hydrogen) atoms. The van der Waals surface area contributed by atoms with Crippen molar-refractivity contribution in [2.24, 2.45) is 5.14 Å². The molecule has 0 atom stereocenters. The van der Waals surface area contributed by atoms with E-state index in [1.54, 1.807) is 0 Å². The van der Waals surface area contributed by atoms with Crippen molar-refractivity contribution in [3.8, 4) is 0 Å². The Morgan fingerprint density at radius 3 is 1.68 bits per heavy atom. The number of benzene rings is 1. The number of halogens is 7. The summed E-state index contributed by atoms with van der Waals surface area (Å²) in [6, 6.07) is -0.0109. The third-order valence-corrected chi connectivity index (χ3v) is 3.83. The van der Waals surface area contributed by atoms with Gasteiger partial charge in [0.25, 0.3) is 0 Å². The third-order valence-electron chi connectivity index (χ3n) is 1.99. The minimum Gasteiger partial charge on any atom is -0.225 e. The normalized spacial score (nSPS) is 13.7. The number of hydrogen-bond acceptors (Lipinski definition) is 2. The van der Waals surface area contributed by atoms with Crippen molar-refractivity contribution in [2.45, 2.75) is 17.2 Å². The molecular weight excluding hydrogens is 415 g/mol. The van der Waals surface area contributed by atoms with Crippen LogP contribution in [0.5, 0.6) is 0 Å². The predicted octanol–water partition coefficient (Wildman–Crippen LogP) is 2.98. The molecule has 0 aliphatic carbocycles. The Morgan fingerprint density at radius 2 is 1.37 bits per heavy atom. The molecule has 11 heteroatoms. The monoisotopic (exact) mass is 419 g/mol. The molecule has 0 aliphatic heterocycles. The standard InChI is InChI=1S/C8H4F6INO2S/c9-7(10,11)3-1-4(8(12,13)14)6(2-5(3)15)19(16,17)18/h1-2H,(H2,16,17,18). The minimum absolute atomic E-state index is 0.252. The summed E-state index contributed by atoms with van der Waals surface area (Å²) in [5.41, 5.74) is -3.52. The SMILES string of the molecule is NS(=O)(=O)c1cc(I)c(C(F)(F)F)cc1C(F)(F)F. The Balaban J connectivity index is 3.76. The first-order valence-electron chi connectivity index (χ1n) is 4.25. The summed E-state index contributed by atoms with van der Waals surface area (Å²) in [4.78, 5) is -1.39. The Morgan fingerprint density at radius 1 is 0.947 bits per heavy atom. The molecule has 0 heterocycles. The maximum Gasteiger partial charge on any atom is 0.417 e. The first kappa shape index (κ1) is 16.5. The van der Waals surface area contributed by atoms with Gasteiger partial charge in [-0.2, -0.15) is 26.3 Å². The molecule has 108 valence electrons. The molecular formula is C8H4F6INO2S. The number of rotatable bonds is 1. The lowest BCUT2D eigenvalue weighted by atomic mass is 10.1. The fraction of sp³-hybridized carbons (Fsp3) is 0.250. The zero-order chi connectivity index (χ0) is 15.2. The molecule has 0 fully saturated rings. The summed E-state index contributed by atoms with van der Waals surface area (Å²) in [6.07, 6.45) is -10.3. The highest BCUT2D eigenvalue weighted by Crippen LogP contribution is 2.40. The van der Waals surface area contributed by atoms with Gasteiger partial charge in [0.05, 0.1) is 16.0 Å². The predicted molar refractivity (Wildman–Crippen MR) is 60.5 cm³/mol. The number of sulfonamides is 1. The number of primary sulfonamides is 1. The Hall–Kier alpha value is -0.560. The maximum atomic E-state index is 12.6. The van der Waals surface area contributed by atoms with Crippen LogP contribution in [0.25, 0.3) is 0 Å². The molecule has 3 nitrogen and oxygen atoms in total. The van der Waals surface area contributed by atoms with E-state index in [4.69, 9.17) is 0 Å². The van der Waals surface area contributed by atoms with Crippen LogP contribution in [0, 0.1) is 3.57 Å². The highest BCUT2D eigenvalue weighted by atomic mass is 127. The summed E-state index contributed by atoms with van der Waals surface area (Å²) in [6.45, 7) is 0. The van der Waals surface area contributed by atoms with E-state index in [1.807, 2.05) is 0 Å². The molecule has 0 aromatic heterocycles. The van der Waals surface area contributed by atoms with Gasteiger partial charge in [-0.05, 0) is 34.7 Å². The zero-order valence-electron chi connectivity index (χ0n) is 8.60. The van der Waals surface area contributed by atoms with E-state index in [9.17, 15) is 34.8 Å². The topological polar surface area (TPSA) is 60.2 Å². The van der Waals surface area contributed by atoms with Crippen molar-refractivity contribution in [1.82, 2.24) is 0 Å². The summed E-state index contributed by atoms with van der Waals surface area (Å²) < 4.78 is 96.6. The molecule has 1 aromatic rings. The van der Waals surface area contributed by atoms with Crippen LogP contribution < -0.4 is 5.14 Å². The van der Waals surface area contributed by atoms with Crippen molar-refractivity contribution >= 4 is 32.6 Å². The third kappa shape index (κ3) is 3.72. The van der Waals surface area contributed by atoms with Crippen LogP contribution >= 0.6 is 22.6 Å². The Kier molecular flexibility index (Phi) is 4.14. The minimum atomic E-state index is -5.27. The van der Waals surface area contributed by atoms with Gasteiger partial charge < -0.3 is 0 Å². The van der Waals surface area contributed by atoms with E-state index in [-0.39, 0.29) is 12.1 Å². The summed E-state index contributed by atoms with van der Waals surface area (Å²) in [5, 5.41) is 4.57. The Bertz CT molecular complexity index is 607. The molecule has 0 unspecified atom stereocenters. The van der Waals surface area contributed by atoms with Gasteiger partial charge in [-0.1, -0.05) is 0 Å². The van der Waals surface area contributed by atoms with Crippen molar-refractivity contribution in [1.29, 1.82) is 0 Å². The molecule has 0 saturated carbocycles. The largest absolute Gasteiger partial charge is 0.417 e. The van der Waals surface area contributed by atoms with E-state index in [2.05, 4.69) is 5.14 Å². The summed E-state index contributed by atoms with van der Waals surface area (Å²) in [7, 11) is -4.79. The van der Waals surface area contributed by atoms with Crippen LogP contribution in [0.1, 0.15) is 11.1 Å². The van der Waals surface area contributed by atoms with Gasteiger partial charge in [0.15, 0.2) is 0 Å². The van der Waals surface area contributed by atoms with Crippen molar-refractivity contribution in [3.63, 3.8) is 0 Å². The average Bonchev–Trinajstić information content (AvgIpc) is 2.11. The van der Waals surface area contributed by atoms with E-state index < -0.39 is 42.0 Å². The number of hydrogen-bond donors (Lipinski definition) is 1. The van der Waals surface area contributed by atoms with Gasteiger partial charge in [-0.3, -0.25) is 0 Å². The fourth-order valence-electron chi connectivity index (χ4n) is 1.23. The molecule has 0 radical (unpaired) electrons. The van der Waals surface area contributed by atoms with Gasteiger partial charge in [0.1, 0.15) is 0 Å². The molecule has 0 aliphatic rings. The van der Waals surface area contributed by atoms with Crippen molar-refractivity contribution < 1.29 is 34.8 Å². The lowest BCUT2D eigenvalue weighted by Gasteiger charge is -2.16. The van der Waals surface area contributed by atoms with Crippen molar-refractivity contribution in [2.75, 3.05) is 0 Å². The van der Waals surface area contributed by atoms with E-state index in [1.165, 1.54) is 0 Å². The second-order valence-electron chi connectivity index (χ2n) is 3.37. The zero-order valence-corrected chi connectivity index (χ0v) is 11.6. The van der Waals surface area contributed by atoms with Crippen LogP contribution in [-0.2, 0) is 22.4 Å². The van der Waals surface area contributed by atoms with Crippen LogP contribution in [0.4, 0.5) is 26.3 Å². The van der Waals surface area contributed by atoms with Crippen LogP contribution in [0.2, 0.25) is 0 Å². The summed E-state index contributed by atoms with van der Waals surface area (Å²) in [5.74, 6) is 0. The first-order chi connectivity index (χ1) is 8.24. The second-order valence-corrected chi connectivity index (χ2v) is 6.06. The summed E-state index contributed by atoms with van der Waals surface area (Å²) >= 11 is 1.09. The quantitative estimate of drug-likeness (QED) is 0.563. The van der Waals surface area contributed by atoms with E-state index >= 15 is 0 Å². The van der Waals surface area contributed by atoms with Crippen LogP contribution in [0.3, 0.4) is 0 Å². The molecule has 0 amide bonds. The Labute approximate surface area is 117 Å². The molecule has 0 saturated heterocycles. The van der Waals surface area contributed by atoms with Gasteiger partial charge >= 0.3 is 12.4 Å². The van der Waals surface area contributed by atoms with Gasteiger partial charge in [-0.25, -0.2) is 13.6 Å². The van der Waals surface area contributed by atoms with E-state index in [0.717, 1.165) is 22.6 Å². The number of nitrogens with two attached hydrogens (primary N) is 1. The number of alkyl halides is 6. The van der Waals surface area contributed by atoms with Gasteiger partial charge in [0.2, 0.25) is 10.0 Å². The highest BCUT2D eigenvalue weighted by Gasteiger charge is 2.41. The second kappa shape index (κ2) is 4.77. The molecule has 1 rings (SSSR count). The van der Waals surface area contributed by atoms with E-state index in [0.29, 0.717) is 0 Å². The first-order valence-corrected chi connectivity index (χ1v) is 6.88. The lowest BCUT2D eigenvalue weighted by Crippen LogP contribution is -2.21. The smallest absolute Gasteiger partial charge is 0.225 e. The average molecular weight is 419 g/mol. The molecule has 0 bridgehead atoms. The van der Waals surface area contributed by atoms with Crippen LogP contribution in [0.15, 0.2) is 17.0 Å². The molecule has 0 spiro atoms. The van der Waals surface area contributed by atoms with Crippen molar-refractivity contribution in [3.05, 3.63) is 26.8 Å². The lowest BCUT2D eigenvalue weighted by molar-refractivity contribution is -0.145.